The summed E-state index contributed by atoms with van der Waals surface area (Å²) in [5.74, 6) is 1.36. The molecule has 0 aromatic heterocycles. The predicted molar refractivity (Wildman–Crippen MR) is 133 cm³/mol. The van der Waals surface area contributed by atoms with Crippen molar-refractivity contribution in [2.45, 2.75) is 51.0 Å². The number of guanidine groups is 1. The fraction of sp³-hybridized carbons (Fsp3) is 0.519. The van der Waals surface area contributed by atoms with E-state index in [4.69, 9.17) is 4.99 Å². The second kappa shape index (κ2) is 10.9. The van der Waals surface area contributed by atoms with E-state index in [2.05, 4.69) is 77.1 Å². The zero-order chi connectivity index (χ0) is 22.2. The Labute approximate surface area is 193 Å². The first-order valence-electron chi connectivity index (χ1n) is 12.2. The molecule has 0 bridgehead atoms. The van der Waals surface area contributed by atoms with Crippen molar-refractivity contribution in [2.24, 2.45) is 10.9 Å². The molecule has 2 fully saturated rings. The summed E-state index contributed by atoms with van der Waals surface area (Å²) >= 11 is 0. The Morgan fingerprint density at radius 2 is 1.75 bits per heavy atom. The molecule has 3 N–H and O–H groups in total. The van der Waals surface area contributed by atoms with Gasteiger partial charge in [0.2, 0.25) is 0 Å². The lowest BCUT2D eigenvalue weighted by atomic mass is 9.64. The smallest absolute Gasteiger partial charge is 0.191 e. The number of aliphatic hydroxyl groups is 1. The van der Waals surface area contributed by atoms with E-state index >= 15 is 0 Å². The van der Waals surface area contributed by atoms with Gasteiger partial charge in [-0.25, -0.2) is 4.99 Å². The van der Waals surface area contributed by atoms with Crippen molar-refractivity contribution in [3.05, 3.63) is 65.7 Å². The van der Waals surface area contributed by atoms with Crippen LogP contribution in [0.3, 0.4) is 0 Å². The van der Waals surface area contributed by atoms with Crippen LogP contribution in [-0.4, -0.2) is 43.9 Å². The minimum atomic E-state index is 0.239. The van der Waals surface area contributed by atoms with Crippen LogP contribution in [-0.2, 0) is 12.0 Å². The maximum atomic E-state index is 9.34. The Hall–Kier alpha value is -2.53. The molecule has 0 amide bonds. The molecule has 4 rings (SSSR count). The van der Waals surface area contributed by atoms with Crippen LogP contribution in [0.25, 0.3) is 0 Å². The maximum Gasteiger partial charge on any atom is 0.191 e. The summed E-state index contributed by atoms with van der Waals surface area (Å²) in [6.07, 6.45) is 5.92. The number of anilines is 1. The highest BCUT2D eigenvalue weighted by molar-refractivity contribution is 5.80. The zero-order valence-corrected chi connectivity index (χ0v) is 19.4. The average molecular weight is 435 g/mol. The zero-order valence-electron chi connectivity index (χ0n) is 19.4. The fourth-order valence-electron chi connectivity index (χ4n) is 4.91. The summed E-state index contributed by atoms with van der Waals surface area (Å²) in [6.45, 7) is 6.93. The molecule has 172 valence electrons. The highest BCUT2D eigenvalue weighted by Crippen LogP contribution is 2.43. The molecule has 0 spiro atoms. The second-order valence-electron chi connectivity index (χ2n) is 9.33. The van der Waals surface area contributed by atoms with Crippen LogP contribution in [0.2, 0.25) is 0 Å². The van der Waals surface area contributed by atoms with E-state index in [1.807, 2.05) is 0 Å². The van der Waals surface area contributed by atoms with E-state index in [1.54, 1.807) is 0 Å². The molecule has 5 heteroatoms. The van der Waals surface area contributed by atoms with Gasteiger partial charge in [0.05, 0.1) is 6.54 Å². The fourth-order valence-corrected chi connectivity index (χ4v) is 4.91. The van der Waals surface area contributed by atoms with Gasteiger partial charge >= 0.3 is 0 Å². The van der Waals surface area contributed by atoms with Crippen LogP contribution in [0.5, 0.6) is 0 Å². The van der Waals surface area contributed by atoms with Gasteiger partial charge in [0.15, 0.2) is 5.96 Å². The normalized spacial score (nSPS) is 18.8. The molecule has 1 heterocycles. The predicted octanol–water partition coefficient (Wildman–Crippen LogP) is 4.07. The summed E-state index contributed by atoms with van der Waals surface area (Å²) in [5.41, 5.74) is 4.17. The molecule has 0 radical (unpaired) electrons. The monoisotopic (exact) mass is 434 g/mol. The van der Waals surface area contributed by atoms with Crippen LogP contribution in [0.4, 0.5) is 5.69 Å². The molecule has 0 unspecified atom stereocenters. The van der Waals surface area contributed by atoms with Gasteiger partial charge in [0.25, 0.3) is 0 Å². The van der Waals surface area contributed by atoms with Gasteiger partial charge in [-0.3, -0.25) is 0 Å². The maximum absolute atomic E-state index is 9.34. The molecule has 1 aliphatic heterocycles. The molecule has 1 aliphatic carbocycles. The van der Waals surface area contributed by atoms with Crippen molar-refractivity contribution in [1.82, 2.24) is 10.6 Å². The van der Waals surface area contributed by atoms with E-state index in [-0.39, 0.29) is 5.41 Å². The van der Waals surface area contributed by atoms with E-state index in [1.165, 1.54) is 36.1 Å². The highest BCUT2D eigenvalue weighted by atomic mass is 16.3. The first-order chi connectivity index (χ1) is 15.7. The first-order valence-corrected chi connectivity index (χ1v) is 12.2. The van der Waals surface area contributed by atoms with E-state index in [0.717, 1.165) is 45.0 Å². The van der Waals surface area contributed by atoms with Crippen molar-refractivity contribution in [3.8, 4) is 0 Å². The van der Waals surface area contributed by atoms with Crippen LogP contribution in [0.15, 0.2) is 59.6 Å². The van der Waals surface area contributed by atoms with Crippen LogP contribution in [0.1, 0.15) is 50.2 Å². The number of aliphatic hydroxyl groups excluding tert-OH is 1. The number of rotatable bonds is 8. The van der Waals surface area contributed by atoms with Gasteiger partial charge in [-0.15, -0.1) is 0 Å². The Morgan fingerprint density at radius 3 is 2.34 bits per heavy atom. The van der Waals surface area contributed by atoms with Crippen LogP contribution in [0, 0.1) is 5.92 Å². The van der Waals surface area contributed by atoms with Crippen molar-refractivity contribution >= 4 is 11.6 Å². The molecule has 2 aromatic carbocycles. The standard InChI is InChI=1S/C27H38N4O/c1-2-28-26(30-21-27(15-6-16-27)24-7-4-3-5-8-24)29-19-22-9-11-25(12-10-22)31-17-13-23(20-32)14-18-31/h3-5,7-12,23,32H,2,6,13-21H2,1H3,(H2,28,29,30). The second-order valence-corrected chi connectivity index (χ2v) is 9.33. The third-order valence-corrected chi connectivity index (χ3v) is 7.23. The molecule has 1 saturated heterocycles. The highest BCUT2D eigenvalue weighted by Gasteiger charge is 2.38. The molecule has 5 nitrogen and oxygen atoms in total. The van der Waals surface area contributed by atoms with Gasteiger partial charge in [-0.2, -0.15) is 0 Å². The quantitative estimate of drug-likeness (QED) is 0.433. The Morgan fingerprint density at radius 1 is 1.03 bits per heavy atom. The summed E-state index contributed by atoms with van der Waals surface area (Å²) in [4.78, 5) is 7.28. The number of piperidine rings is 1. The van der Waals surface area contributed by atoms with Crippen LogP contribution < -0.4 is 15.5 Å². The number of aliphatic imine (C=N–C) groups is 1. The lowest BCUT2D eigenvalue weighted by molar-refractivity contribution is 0.203. The van der Waals surface area contributed by atoms with E-state index in [9.17, 15) is 5.11 Å². The van der Waals surface area contributed by atoms with Gasteiger partial charge in [-0.05, 0) is 61.8 Å². The Balaban J connectivity index is 1.34. The van der Waals surface area contributed by atoms with Gasteiger partial charge in [0, 0.05) is 43.9 Å². The van der Waals surface area contributed by atoms with E-state index in [0.29, 0.717) is 19.1 Å². The summed E-state index contributed by atoms with van der Waals surface area (Å²) in [5, 5.41) is 16.4. The SMILES string of the molecule is CCNC(=NCc1ccc(N2CCC(CO)CC2)cc1)NCC1(c2ccccc2)CCC1. The topological polar surface area (TPSA) is 59.9 Å². The minimum absolute atomic E-state index is 0.239. The molecule has 2 aromatic rings. The number of benzene rings is 2. The van der Waals surface area contributed by atoms with Gasteiger partial charge in [-0.1, -0.05) is 48.9 Å². The van der Waals surface area contributed by atoms with Crippen LogP contribution >= 0.6 is 0 Å². The third-order valence-electron chi connectivity index (χ3n) is 7.23. The lowest BCUT2D eigenvalue weighted by Gasteiger charge is -2.43. The third kappa shape index (κ3) is 5.44. The summed E-state index contributed by atoms with van der Waals surface area (Å²) in [6, 6.07) is 19.7. The molecular formula is C27H38N4O. The molecular weight excluding hydrogens is 396 g/mol. The van der Waals surface area contributed by atoms with Crippen molar-refractivity contribution in [1.29, 1.82) is 0 Å². The van der Waals surface area contributed by atoms with Crippen molar-refractivity contribution in [3.63, 3.8) is 0 Å². The summed E-state index contributed by atoms with van der Waals surface area (Å²) < 4.78 is 0. The number of hydrogen-bond donors (Lipinski definition) is 3. The Kier molecular flexibility index (Phi) is 7.69. The molecule has 1 saturated carbocycles. The molecule has 32 heavy (non-hydrogen) atoms. The minimum Gasteiger partial charge on any atom is -0.396 e. The number of nitrogens with zero attached hydrogens (tertiary/aromatic N) is 2. The van der Waals surface area contributed by atoms with Crippen molar-refractivity contribution in [2.75, 3.05) is 37.7 Å². The average Bonchev–Trinajstić information content (AvgIpc) is 2.83. The Bertz CT molecular complexity index is 853. The molecule has 0 atom stereocenters. The van der Waals surface area contributed by atoms with Gasteiger partial charge < -0.3 is 20.6 Å². The molecule has 2 aliphatic rings. The largest absolute Gasteiger partial charge is 0.396 e. The number of nitrogens with one attached hydrogen (secondary N) is 2. The van der Waals surface area contributed by atoms with Gasteiger partial charge in [0.1, 0.15) is 0 Å². The first kappa shape index (κ1) is 22.7. The number of hydrogen-bond acceptors (Lipinski definition) is 3. The lowest BCUT2D eigenvalue weighted by Crippen LogP contribution is -2.48. The van der Waals surface area contributed by atoms with E-state index < -0.39 is 0 Å². The summed E-state index contributed by atoms with van der Waals surface area (Å²) in [7, 11) is 0. The van der Waals surface area contributed by atoms with Crippen molar-refractivity contribution < 1.29 is 5.11 Å².